The Morgan fingerprint density at radius 1 is 1.36 bits per heavy atom. The molecular formula is C18H26O4. The van der Waals surface area contributed by atoms with Crippen molar-refractivity contribution < 1.29 is 19.8 Å². The molecule has 0 saturated heterocycles. The van der Waals surface area contributed by atoms with Crippen LogP contribution in [0.5, 0.6) is 0 Å². The van der Waals surface area contributed by atoms with Gasteiger partial charge in [-0.2, -0.15) is 0 Å². The summed E-state index contributed by atoms with van der Waals surface area (Å²) in [5.74, 6) is -0.806. The summed E-state index contributed by atoms with van der Waals surface area (Å²) in [7, 11) is 0. The lowest BCUT2D eigenvalue weighted by Crippen LogP contribution is -2.14. The zero-order valence-corrected chi connectivity index (χ0v) is 13.1. The zero-order chi connectivity index (χ0) is 16.4. The molecule has 0 bridgehead atoms. The molecule has 0 aromatic heterocycles. The zero-order valence-electron chi connectivity index (χ0n) is 13.1. The molecule has 0 radical (unpaired) electrons. The van der Waals surface area contributed by atoms with Crippen LogP contribution < -0.4 is 0 Å². The lowest BCUT2D eigenvalue weighted by Gasteiger charge is -2.14. The molecule has 1 aliphatic rings. The van der Waals surface area contributed by atoms with E-state index in [1.54, 1.807) is 18.2 Å². The Balaban J connectivity index is 2.43. The molecule has 122 valence electrons. The van der Waals surface area contributed by atoms with Gasteiger partial charge in [0.2, 0.25) is 0 Å². The molecule has 0 aromatic carbocycles. The Morgan fingerprint density at radius 2 is 2.14 bits per heavy atom. The van der Waals surface area contributed by atoms with E-state index in [0.29, 0.717) is 12.8 Å². The SMILES string of the molecule is CC/C=C\C[C@@H](O)/C=C/[C@H]1C(=O)C=C[C@H]1CCCCC(=O)O. The van der Waals surface area contributed by atoms with Crippen molar-refractivity contribution in [3.8, 4) is 0 Å². The Labute approximate surface area is 132 Å². The van der Waals surface area contributed by atoms with Gasteiger partial charge in [0.15, 0.2) is 5.78 Å². The van der Waals surface area contributed by atoms with Crippen molar-refractivity contribution in [1.29, 1.82) is 0 Å². The van der Waals surface area contributed by atoms with E-state index in [1.807, 2.05) is 25.2 Å². The first-order valence-electron chi connectivity index (χ1n) is 7.99. The molecule has 3 atom stereocenters. The molecule has 4 nitrogen and oxygen atoms in total. The molecule has 0 aromatic rings. The summed E-state index contributed by atoms with van der Waals surface area (Å²) in [6, 6.07) is 0. The first kappa shape index (κ1) is 18.4. The lowest BCUT2D eigenvalue weighted by atomic mass is 9.89. The Kier molecular flexibility index (Phi) is 8.44. The smallest absolute Gasteiger partial charge is 0.303 e. The van der Waals surface area contributed by atoms with Crippen LogP contribution in [0.4, 0.5) is 0 Å². The summed E-state index contributed by atoms with van der Waals surface area (Å²) >= 11 is 0. The molecule has 4 heteroatoms. The van der Waals surface area contributed by atoms with Gasteiger partial charge in [-0.25, -0.2) is 0 Å². The maximum Gasteiger partial charge on any atom is 0.303 e. The third-order valence-electron chi connectivity index (χ3n) is 3.80. The van der Waals surface area contributed by atoms with Crippen LogP contribution in [-0.4, -0.2) is 28.1 Å². The van der Waals surface area contributed by atoms with E-state index in [9.17, 15) is 14.7 Å². The quantitative estimate of drug-likeness (QED) is 0.480. The van der Waals surface area contributed by atoms with Gasteiger partial charge in [-0.1, -0.05) is 43.7 Å². The number of aliphatic hydroxyl groups is 1. The minimum atomic E-state index is -0.780. The fourth-order valence-corrected chi connectivity index (χ4v) is 2.56. The second kappa shape index (κ2) is 10.1. The first-order chi connectivity index (χ1) is 10.5. The van der Waals surface area contributed by atoms with Gasteiger partial charge in [-0.3, -0.25) is 9.59 Å². The summed E-state index contributed by atoms with van der Waals surface area (Å²) < 4.78 is 0. The van der Waals surface area contributed by atoms with Crippen LogP contribution in [-0.2, 0) is 9.59 Å². The van der Waals surface area contributed by atoms with E-state index in [4.69, 9.17) is 5.11 Å². The number of ketones is 1. The highest BCUT2D eigenvalue weighted by atomic mass is 16.4. The lowest BCUT2D eigenvalue weighted by molar-refractivity contribution is -0.137. The Hall–Kier alpha value is -1.68. The maximum atomic E-state index is 11.9. The standard InChI is InChI=1S/C18H26O4/c1-2-3-4-8-15(19)11-12-16-14(10-13-17(16)20)7-5-6-9-18(21)22/h3-4,10-16,19H,2,5-9H2,1H3,(H,21,22)/b4-3-,12-11+/t14-,15-,16-/m1/s1. The second-order valence-electron chi connectivity index (χ2n) is 5.66. The van der Waals surface area contributed by atoms with Crippen LogP contribution >= 0.6 is 0 Å². The third kappa shape index (κ3) is 6.85. The molecule has 0 heterocycles. The number of hydrogen-bond acceptors (Lipinski definition) is 3. The number of carboxylic acid groups (broad SMARTS) is 1. The van der Waals surface area contributed by atoms with Crippen molar-refractivity contribution in [2.45, 2.75) is 51.6 Å². The van der Waals surface area contributed by atoms with E-state index in [0.717, 1.165) is 19.3 Å². The summed E-state index contributed by atoms with van der Waals surface area (Å²) in [4.78, 5) is 22.4. The molecular weight excluding hydrogens is 280 g/mol. The normalized spacial score (nSPS) is 22.9. The van der Waals surface area contributed by atoms with E-state index in [-0.39, 0.29) is 24.0 Å². The number of unbranched alkanes of at least 4 members (excludes halogenated alkanes) is 1. The number of carboxylic acids is 1. The van der Waals surface area contributed by atoms with Gasteiger partial charge in [-0.05, 0) is 37.7 Å². The highest BCUT2D eigenvalue weighted by molar-refractivity contribution is 5.95. The molecule has 2 N–H and O–H groups in total. The van der Waals surface area contributed by atoms with Gasteiger partial charge in [0, 0.05) is 12.3 Å². The number of carbonyl (C=O) groups excluding carboxylic acids is 1. The van der Waals surface area contributed by atoms with Crippen molar-refractivity contribution in [2.75, 3.05) is 0 Å². The van der Waals surface area contributed by atoms with Crippen molar-refractivity contribution >= 4 is 11.8 Å². The number of aliphatic carboxylic acids is 1. The average Bonchev–Trinajstić information content (AvgIpc) is 2.82. The molecule has 1 rings (SSSR count). The first-order valence-corrected chi connectivity index (χ1v) is 7.99. The maximum absolute atomic E-state index is 11.9. The average molecular weight is 306 g/mol. The highest BCUT2D eigenvalue weighted by Gasteiger charge is 2.27. The largest absolute Gasteiger partial charge is 0.481 e. The fraction of sp³-hybridized carbons (Fsp3) is 0.556. The van der Waals surface area contributed by atoms with Gasteiger partial charge < -0.3 is 10.2 Å². The van der Waals surface area contributed by atoms with Gasteiger partial charge in [0.1, 0.15) is 0 Å². The van der Waals surface area contributed by atoms with Crippen LogP contribution in [0.25, 0.3) is 0 Å². The topological polar surface area (TPSA) is 74.6 Å². The van der Waals surface area contributed by atoms with Gasteiger partial charge in [0.25, 0.3) is 0 Å². The van der Waals surface area contributed by atoms with Crippen LogP contribution in [0.15, 0.2) is 36.5 Å². The summed E-state index contributed by atoms with van der Waals surface area (Å²) in [6.07, 6.45) is 14.3. The number of hydrogen-bond donors (Lipinski definition) is 2. The predicted octanol–water partition coefficient (Wildman–Crippen LogP) is 3.28. The van der Waals surface area contributed by atoms with Crippen molar-refractivity contribution in [3.63, 3.8) is 0 Å². The van der Waals surface area contributed by atoms with Crippen LogP contribution in [0, 0.1) is 11.8 Å². The summed E-state index contributed by atoms with van der Waals surface area (Å²) in [5, 5.41) is 18.5. The van der Waals surface area contributed by atoms with Crippen molar-refractivity contribution in [2.24, 2.45) is 11.8 Å². The minimum Gasteiger partial charge on any atom is -0.481 e. The van der Waals surface area contributed by atoms with Crippen LogP contribution in [0.1, 0.15) is 45.4 Å². The monoisotopic (exact) mass is 306 g/mol. The van der Waals surface area contributed by atoms with Gasteiger partial charge in [-0.15, -0.1) is 0 Å². The Morgan fingerprint density at radius 3 is 2.82 bits per heavy atom. The molecule has 0 fully saturated rings. The summed E-state index contributed by atoms with van der Waals surface area (Å²) in [6.45, 7) is 2.04. The highest BCUT2D eigenvalue weighted by Crippen LogP contribution is 2.28. The summed E-state index contributed by atoms with van der Waals surface area (Å²) in [5.41, 5.74) is 0. The molecule has 0 spiro atoms. The van der Waals surface area contributed by atoms with E-state index < -0.39 is 12.1 Å². The number of rotatable bonds is 10. The number of aliphatic hydroxyl groups excluding tert-OH is 1. The van der Waals surface area contributed by atoms with E-state index in [1.165, 1.54) is 0 Å². The minimum absolute atomic E-state index is 0.0655. The van der Waals surface area contributed by atoms with Gasteiger partial charge in [0.05, 0.1) is 6.10 Å². The molecule has 0 saturated carbocycles. The number of allylic oxidation sites excluding steroid dienone is 4. The van der Waals surface area contributed by atoms with E-state index in [2.05, 4.69) is 0 Å². The molecule has 0 unspecified atom stereocenters. The number of carbonyl (C=O) groups is 2. The molecule has 0 amide bonds. The van der Waals surface area contributed by atoms with Crippen molar-refractivity contribution in [1.82, 2.24) is 0 Å². The molecule has 1 aliphatic carbocycles. The molecule has 0 aliphatic heterocycles. The van der Waals surface area contributed by atoms with Crippen LogP contribution in [0.3, 0.4) is 0 Å². The van der Waals surface area contributed by atoms with Gasteiger partial charge >= 0.3 is 5.97 Å². The Bertz CT molecular complexity index is 448. The van der Waals surface area contributed by atoms with Crippen LogP contribution in [0.2, 0.25) is 0 Å². The molecule has 22 heavy (non-hydrogen) atoms. The van der Waals surface area contributed by atoms with E-state index >= 15 is 0 Å². The third-order valence-corrected chi connectivity index (χ3v) is 3.80. The second-order valence-corrected chi connectivity index (χ2v) is 5.66. The fourth-order valence-electron chi connectivity index (χ4n) is 2.56. The van der Waals surface area contributed by atoms with Crippen molar-refractivity contribution in [3.05, 3.63) is 36.5 Å². The predicted molar refractivity (Wildman–Crippen MR) is 86.4 cm³/mol.